The molecule has 0 bridgehead atoms. The zero-order valence-corrected chi connectivity index (χ0v) is 9.14. The summed E-state index contributed by atoms with van der Waals surface area (Å²) in [4.78, 5) is 0. The van der Waals surface area contributed by atoms with Crippen LogP contribution in [0.5, 0.6) is 5.75 Å². The van der Waals surface area contributed by atoms with Crippen LogP contribution in [0.25, 0.3) is 0 Å². The summed E-state index contributed by atoms with van der Waals surface area (Å²) in [5.74, 6) is 1.62. The van der Waals surface area contributed by atoms with Crippen molar-refractivity contribution >= 4 is 5.69 Å². The lowest BCUT2D eigenvalue weighted by Crippen LogP contribution is -1.96. The van der Waals surface area contributed by atoms with Crippen molar-refractivity contribution in [3.05, 3.63) is 41.8 Å². The lowest BCUT2D eigenvalue weighted by molar-refractivity contribution is 0.381. The van der Waals surface area contributed by atoms with Gasteiger partial charge in [-0.05, 0) is 18.1 Å². The molecule has 2 N–H and O–H groups in total. The van der Waals surface area contributed by atoms with E-state index in [9.17, 15) is 0 Å². The Morgan fingerprint density at radius 2 is 2.12 bits per heavy atom. The van der Waals surface area contributed by atoms with Crippen molar-refractivity contribution in [3.63, 3.8) is 0 Å². The molecule has 2 aromatic rings. The van der Waals surface area contributed by atoms with Gasteiger partial charge in [0.25, 0.3) is 0 Å². The van der Waals surface area contributed by atoms with Gasteiger partial charge >= 0.3 is 0 Å². The number of methoxy groups -OCH3 is 1. The Morgan fingerprint density at radius 3 is 2.81 bits per heavy atom. The van der Waals surface area contributed by atoms with Crippen molar-refractivity contribution in [2.45, 2.75) is 12.8 Å². The number of aryl methyl sites for hydroxylation is 2. The van der Waals surface area contributed by atoms with Gasteiger partial charge in [-0.2, -0.15) is 0 Å². The van der Waals surface area contributed by atoms with E-state index < -0.39 is 0 Å². The van der Waals surface area contributed by atoms with E-state index in [-0.39, 0.29) is 0 Å². The summed E-state index contributed by atoms with van der Waals surface area (Å²) in [5, 5.41) is 3.65. The van der Waals surface area contributed by atoms with Crippen molar-refractivity contribution in [1.29, 1.82) is 0 Å². The monoisotopic (exact) mass is 218 g/mol. The summed E-state index contributed by atoms with van der Waals surface area (Å²) in [6.07, 6.45) is 3.08. The largest absolute Gasteiger partial charge is 0.496 e. The number of ether oxygens (including phenoxy) is 1. The first-order valence-electron chi connectivity index (χ1n) is 5.12. The molecule has 0 saturated carbocycles. The third-order valence-corrected chi connectivity index (χ3v) is 2.49. The van der Waals surface area contributed by atoms with E-state index in [1.807, 2.05) is 24.3 Å². The van der Waals surface area contributed by atoms with E-state index in [4.69, 9.17) is 15.0 Å². The van der Waals surface area contributed by atoms with Gasteiger partial charge in [-0.15, -0.1) is 0 Å². The molecule has 2 rings (SSSR count). The molecule has 1 heterocycles. The number of hydrogen-bond acceptors (Lipinski definition) is 4. The van der Waals surface area contributed by atoms with Crippen molar-refractivity contribution in [2.24, 2.45) is 0 Å². The number of rotatable bonds is 4. The van der Waals surface area contributed by atoms with Gasteiger partial charge in [-0.1, -0.05) is 23.4 Å². The van der Waals surface area contributed by atoms with E-state index in [1.54, 1.807) is 7.11 Å². The average Bonchev–Trinajstić information content (AvgIpc) is 2.72. The second kappa shape index (κ2) is 4.70. The molecule has 1 aromatic heterocycles. The highest BCUT2D eigenvalue weighted by atomic mass is 16.5. The minimum Gasteiger partial charge on any atom is -0.496 e. The molecule has 1 aromatic carbocycles. The van der Waals surface area contributed by atoms with Crippen LogP contribution in [0.4, 0.5) is 5.69 Å². The third-order valence-electron chi connectivity index (χ3n) is 2.49. The maximum absolute atomic E-state index is 5.69. The van der Waals surface area contributed by atoms with Crippen LogP contribution in [0.2, 0.25) is 0 Å². The second-order valence-corrected chi connectivity index (χ2v) is 3.52. The molecule has 0 amide bonds. The first-order chi connectivity index (χ1) is 7.81. The van der Waals surface area contributed by atoms with Crippen LogP contribution in [-0.2, 0) is 12.8 Å². The minimum absolute atomic E-state index is 0.606. The molecule has 0 fully saturated rings. The topological polar surface area (TPSA) is 61.3 Å². The summed E-state index contributed by atoms with van der Waals surface area (Å²) >= 11 is 0. The fourth-order valence-electron chi connectivity index (χ4n) is 1.62. The van der Waals surface area contributed by atoms with Crippen LogP contribution < -0.4 is 10.5 Å². The van der Waals surface area contributed by atoms with Crippen molar-refractivity contribution in [1.82, 2.24) is 5.16 Å². The number of hydrogen-bond donors (Lipinski definition) is 1. The Balaban J connectivity index is 2.07. The summed E-state index contributed by atoms with van der Waals surface area (Å²) in [7, 11) is 1.67. The van der Waals surface area contributed by atoms with E-state index in [2.05, 4.69) is 5.16 Å². The molecule has 0 atom stereocenters. The van der Waals surface area contributed by atoms with Crippen LogP contribution in [0.1, 0.15) is 11.3 Å². The number of aromatic nitrogens is 1. The predicted molar refractivity (Wildman–Crippen MR) is 61.3 cm³/mol. The number of nitrogens with zero attached hydrogens (tertiary/aromatic N) is 1. The molecular weight excluding hydrogens is 204 g/mol. The minimum atomic E-state index is 0.606. The Labute approximate surface area is 94.0 Å². The number of anilines is 1. The van der Waals surface area contributed by atoms with Gasteiger partial charge in [0.1, 0.15) is 5.75 Å². The van der Waals surface area contributed by atoms with Crippen LogP contribution in [0, 0.1) is 0 Å². The smallest absolute Gasteiger partial charge is 0.159 e. The number of nitrogen functional groups attached to an aromatic ring is 1. The number of benzene rings is 1. The summed E-state index contributed by atoms with van der Waals surface area (Å²) < 4.78 is 10.3. The quantitative estimate of drug-likeness (QED) is 0.853. The molecule has 4 heteroatoms. The molecule has 16 heavy (non-hydrogen) atoms. The van der Waals surface area contributed by atoms with Crippen LogP contribution >= 0.6 is 0 Å². The van der Waals surface area contributed by atoms with Crippen molar-refractivity contribution < 1.29 is 9.26 Å². The predicted octanol–water partition coefficient (Wildman–Crippen LogP) is 2.05. The van der Waals surface area contributed by atoms with E-state index in [1.165, 1.54) is 6.20 Å². The lowest BCUT2D eigenvalue weighted by atomic mass is 10.1. The third kappa shape index (κ3) is 2.16. The second-order valence-electron chi connectivity index (χ2n) is 3.52. The van der Waals surface area contributed by atoms with Crippen LogP contribution in [-0.4, -0.2) is 12.3 Å². The molecule has 0 unspecified atom stereocenters. The summed E-state index contributed by atoms with van der Waals surface area (Å²) in [6.45, 7) is 0. The molecule has 0 saturated heterocycles. The molecular formula is C12H14N2O2. The maximum atomic E-state index is 5.69. The van der Waals surface area contributed by atoms with E-state index in [0.29, 0.717) is 5.69 Å². The highest BCUT2D eigenvalue weighted by Gasteiger charge is 2.07. The molecule has 0 radical (unpaired) electrons. The summed E-state index contributed by atoms with van der Waals surface area (Å²) in [5.41, 5.74) is 7.43. The standard InChI is InChI=1S/C12H14N2O2/c1-15-11-5-3-2-4-9(11)6-7-12-10(13)8-14-16-12/h2-5,8H,6-7,13H2,1H3. The Kier molecular flexibility index (Phi) is 3.10. The average molecular weight is 218 g/mol. The Hall–Kier alpha value is -1.97. The first kappa shape index (κ1) is 10.5. The van der Waals surface area contributed by atoms with Crippen LogP contribution in [0.15, 0.2) is 35.0 Å². The van der Waals surface area contributed by atoms with Gasteiger partial charge in [0.2, 0.25) is 0 Å². The zero-order valence-electron chi connectivity index (χ0n) is 9.14. The lowest BCUT2D eigenvalue weighted by Gasteiger charge is -2.06. The van der Waals surface area contributed by atoms with Gasteiger partial charge in [0.15, 0.2) is 5.76 Å². The van der Waals surface area contributed by atoms with Gasteiger partial charge in [0, 0.05) is 6.42 Å². The number of nitrogens with two attached hydrogens (primary N) is 1. The van der Waals surface area contributed by atoms with Crippen molar-refractivity contribution in [2.75, 3.05) is 12.8 Å². The maximum Gasteiger partial charge on any atom is 0.159 e. The molecule has 0 aliphatic carbocycles. The van der Waals surface area contributed by atoms with Crippen molar-refractivity contribution in [3.8, 4) is 5.75 Å². The van der Waals surface area contributed by atoms with Crippen LogP contribution in [0.3, 0.4) is 0 Å². The molecule has 4 nitrogen and oxygen atoms in total. The summed E-state index contributed by atoms with van der Waals surface area (Å²) in [6, 6.07) is 7.91. The Morgan fingerprint density at radius 1 is 1.31 bits per heavy atom. The van der Waals surface area contributed by atoms with E-state index in [0.717, 1.165) is 29.9 Å². The van der Waals surface area contributed by atoms with E-state index >= 15 is 0 Å². The fourth-order valence-corrected chi connectivity index (χ4v) is 1.62. The molecule has 0 spiro atoms. The highest BCUT2D eigenvalue weighted by molar-refractivity contribution is 5.39. The first-order valence-corrected chi connectivity index (χ1v) is 5.12. The highest BCUT2D eigenvalue weighted by Crippen LogP contribution is 2.20. The molecule has 0 aliphatic heterocycles. The molecule has 0 aliphatic rings. The SMILES string of the molecule is COc1ccccc1CCc1oncc1N. The van der Waals surface area contributed by atoms with Gasteiger partial charge < -0.3 is 15.0 Å². The van der Waals surface area contributed by atoms with Gasteiger partial charge in [0.05, 0.1) is 19.0 Å². The Bertz CT molecular complexity index is 466. The fraction of sp³-hybridized carbons (Fsp3) is 0.250. The normalized spacial score (nSPS) is 10.3. The van der Waals surface area contributed by atoms with Gasteiger partial charge in [-0.25, -0.2) is 0 Å². The zero-order chi connectivity index (χ0) is 11.4. The molecule has 84 valence electrons. The number of para-hydroxylation sites is 1. The van der Waals surface area contributed by atoms with Gasteiger partial charge in [-0.3, -0.25) is 0 Å².